The van der Waals surface area contributed by atoms with Crippen LogP contribution in [0, 0.1) is 0 Å². The van der Waals surface area contributed by atoms with E-state index in [1.165, 1.54) is 0 Å². The molecule has 4 nitrogen and oxygen atoms in total. The molecule has 0 bridgehead atoms. The Morgan fingerprint density at radius 1 is 0.609 bits per heavy atom. The van der Waals surface area contributed by atoms with Gasteiger partial charge in [0.1, 0.15) is 0 Å². The van der Waals surface area contributed by atoms with Gasteiger partial charge in [0, 0.05) is 17.1 Å². The molecule has 5 heteroatoms. The Kier molecular flexibility index (Phi) is 9.89. The van der Waals surface area contributed by atoms with E-state index in [1.54, 1.807) is 0 Å². The molecule has 23 heavy (non-hydrogen) atoms. The van der Waals surface area contributed by atoms with Crippen LogP contribution in [0.2, 0.25) is 0 Å². The van der Waals surface area contributed by atoms with Crippen LogP contribution in [0.25, 0.3) is 21.3 Å². The van der Waals surface area contributed by atoms with Gasteiger partial charge in [0.25, 0.3) is 0 Å². The number of hydrogen-bond acceptors (Lipinski definition) is 0. The first-order valence-corrected chi connectivity index (χ1v) is 8.76. The second kappa shape index (κ2) is 9.74. The summed E-state index contributed by atoms with van der Waals surface area (Å²) in [7, 11) is 0. The predicted octanol–water partition coefficient (Wildman–Crippen LogP) is 5.38. The summed E-state index contributed by atoms with van der Waals surface area (Å²) in [4.78, 5) is 0. The summed E-state index contributed by atoms with van der Waals surface area (Å²) in [5.74, 6) is 0. The van der Waals surface area contributed by atoms with Crippen molar-refractivity contribution < 1.29 is 17.1 Å². The van der Waals surface area contributed by atoms with Crippen LogP contribution in [-0.4, -0.2) is 48.3 Å². The summed E-state index contributed by atoms with van der Waals surface area (Å²) in [6, 6.07) is 1.20. The van der Waals surface area contributed by atoms with E-state index >= 15 is 0 Å². The van der Waals surface area contributed by atoms with Gasteiger partial charge >= 0.3 is 0 Å². The number of nitrogens with zero attached hydrogens (tertiary/aromatic N) is 4. The molecule has 1 radical (unpaired) electrons. The number of hydrogen-bond donors (Lipinski definition) is 0. The summed E-state index contributed by atoms with van der Waals surface area (Å²) in [5.41, 5.74) is -0.0631. The van der Waals surface area contributed by atoms with Gasteiger partial charge < -0.3 is 21.3 Å². The minimum absolute atomic E-state index is 0. The molecule has 1 heterocycles. The van der Waals surface area contributed by atoms with E-state index in [9.17, 15) is 0 Å². The monoisotopic (exact) mass is 372 g/mol. The van der Waals surface area contributed by atoms with E-state index in [2.05, 4.69) is 55.4 Å². The third-order valence-electron chi connectivity index (χ3n) is 4.17. The van der Waals surface area contributed by atoms with Crippen LogP contribution in [-0.2, 0) is 17.1 Å². The molecule has 0 aromatic carbocycles. The molecule has 0 aliphatic carbocycles. The Labute approximate surface area is 155 Å². The van der Waals surface area contributed by atoms with Crippen molar-refractivity contribution in [1.29, 1.82) is 0 Å². The molecule has 143 valence electrons. The first-order chi connectivity index (χ1) is 9.99. The van der Waals surface area contributed by atoms with Gasteiger partial charge in [0.2, 0.25) is 0 Å². The Morgan fingerprint density at radius 2 is 0.913 bits per heavy atom. The summed E-state index contributed by atoms with van der Waals surface area (Å²) in [6.45, 7) is 19.2. The van der Waals surface area contributed by atoms with Crippen molar-refractivity contribution >= 4 is 0 Å². The number of rotatable bonds is 0. The van der Waals surface area contributed by atoms with Gasteiger partial charge in [-0.3, -0.25) is 0 Å². The van der Waals surface area contributed by atoms with Crippen molar-refractivity contribution in [2.75, 3.05) is 13.1 Å². The van der Waals surface area contributed by atoms with Crippen LogP contribution < -0.4 is 0 Å². The van der Waals surface area contributed by atoms with Crippen LogP contribution in [0.3, 0.4) is 0 Å². The molecule has 0 spiro atoms. The van der Waals surface area contributed by atoms with Gasteiger partial charge in [-0.05, 0) is 0 Å². The fourth-order valence-corrected chi connectivity index (χ4v) is 3.40. The minimum atomic E-state index is -0.0316. The van der Waals surface area contributed by atoms with Crippen LogP contribution in [0.5, 0.6) is 0 Å². The molecule has 1 aliphatic heterocycles. The normalized spacial score (nSPS) is 36.5. The van der Waals surface area contributed by atoms with Gasteiger partial charge in [-0.2, -0.15) is 25.2 Å². The summed E-state index contributed by atoms with van der Waals surface area (Å²) in [6.07, 6.45) is 1.98. The van der Waals surface area contributed by atoms with E-state index in [4.69, 9.17) is 21.3 Å². The summed E-state index contributed by atoms with van der Waals surface area (Å²) >= 11 is 0. The zero-order chi connectivity index (χ0) is 17.0. The van der Waals surface area contributed by atoms with Crippen LogP contribution in [0.1, 0.15) is 68.2 Å². The quantitative estimate of drug-likeness (QED) is 0.512. The Hall–Kier alpha value is 0.359. The Bertz CT molecular complexity index is 301. The van der Waals surface area contributed by atoms with Gasteiger partial charge in [0.15, 0.2) is 0 Å². The molecule has 4 atom stereocenters. The maximum absolute atomic E-state index is 4.89. The molecule has 0 saturated carbocycles. The minimum Gasteiger partial charge on any atom is -0.659 e. The maximum atomic E-state index is 4.89. The van der Waals surface area contributed by atoms with E-state index in [0.29, 0.717) is 12.1 Å². The third kappa shape index (κ3) is 10.1. The predicted molar refractivity (Wildman–Crippen MR) is 98.4 cm³/mol. The average Bonchev–Trinajstić information content (AvgIpc) is 2.31. The van der Waals surface area contributed by atoms with Crippen molar-refractivity contribution in [3.8, 4) is 0 Å². The molecule has 1 aliphatic rings. The van der Waals surface area contributed by atoms with E-state index < -0.39 is 0 Å². The van der Waals surface area contributed by atoms with Crippen molar-refractivity contribution in [2.24, 2.45) is 0 Å². The van der Waals surface area contributed by atoms with E-state index in [1.807, 2.05) is 0 Å². The third-order valence-corrected chi connectivity index (χ3v) is 4.17. The summed E-state index contributed by atoms with van der Waals surface area (Å²) < 4.78 is 0. The topological polar surface area (TPSA) is 56.4 Å². The molecule has 0 amide bonds. The first-order valence-electron chi connectivity index (χ1n) is 8.76. The smallest absolute Gasteiger partial charge is 0 e. The molecule has 0 N–H and O–H groups in total. The van der Waals surface area contributed by atoms with Crippen LogP contribution in [0.15, 0.2) is 0 Å². The van der Waals surface area contributed by atoms with Crippen molar-refractivity contribution in [1.82, 2.24) is 0 Å². The molecule has 0 aromatic heterocycles. The molecular weight excluding hydrogens is 336 g/mol. The molecule has 1 saturated heterocycles. The standard InChI is InChI=1S/C18H36N4.Cu/c1-13-9-17(5,6)19-12-16(4)22-14(2)10-18(7,8)20-11-15(3)21-13;/h13-16H,9-12H2,1-8H3;/q-4;/i;1+0. The van der Waals surface area contributed by atoms with Gasteiger partial charge in [-0.1, -0.05) is 68.2 Å². The SMILES string of the molecule is CC1C[N-]C(C)(C)CC(C)[N-]C(C)C[N-]C(C)(C)CC(C)[N-]1.[64Cu]. The molecule has 0 aromatic rings. The van der Waals surface area contributed by atoms with Gasteiger partial charge in [-0.25, -0.2) is 0 Å². The molecular formula is C18H36CuN4-4. The molecule has 1 rings (SSSR count). The van der Waals surface area contributed by atoms with Crippen molar-refractivity contribution in [3.05, 3.63) is 21.3 Å². The van der Waals surface area contributed by atoms with Gasteiger partial charge in [0.05, 0.1) is 0 Å². The largest absolute Gasteiger partial charge is 0.659 e. The zero-order valence-electron chi connectivity index (χ0n) is 16.2. The average molecular weight is 372 g/mol. The Balaban J connectivity index is 0.00000484. The zero-order valence-corrected chi connectivity index (χ0v) is 17.2. The Morgan fingerprint density at radius 3 is 1.22 bits per heavy atom. The molecule has 4 unspecified atom stereocenters. The van der Waals surface area contributed by atoms with Crippen LogP contribution >= 0.6 is 0 Å². The van der Waals surface area contributed by atoms with Gasteiger partial charge in [-0.15, -0.1) is 23.2 Å². The maximum Gasteiger partial charge on any atom is 0 e. The van der Waals surface area contributed by atoms with Crippen molar-refractivity contribution in [2.45, 2.75) is 103 Å². The fraction of sp³-hybridized carbons (Fsp3) is 1.00. The second-order valence-corrected chi connectivity index (χ2v) is 8.41. The molecule has 1 fully saturated rings. The second-order valence-electron chi connectivity index (χ2n) is 8.41. The fourth-order valence-electron chi connectivity index (χ4n) is 3.40. The first kappa shape index (κ1) is 23.4. The van der Waals surface area contributed by atoms with Crippen LogP contribution in [0.4, 0.5) is 0 Å². The van der Waals surface area contributed by atoms with E-state index in [0.717, 1.165) is 25.9 Å². The van der Waals surface area contributed by atoms with Crippen molar-refractivity contribution in [3.63, 3.8) is 0 Å². The summed E-state index contributed by atoms with van der Waals surface area (Å²) in [5, 5.41) is 19.6. The van der Waals surface area contributed by atoms with E-state index in [-0.39, 0.29) is 40.2 Å².